The second-order valence-corrected chi connectivity index (χ2v) is 15.0. The molecule has 0 fully saturated rings. The Labute approximate surface area is 334 Å². The first-order valence-electron chi connectivity index (χ1n) is 19.7. The zero-order chi connectivity index (χ0) is 38.2. The smallest absolute Gasteiger partial charge is 0.160 e. The predicted molar refractivity (Wildman–Crippen MR) is 242 cm³/mol. The molecular formula is C54H34N4. The molecule has 0 spiro atoms. The van der Waals surface area contributed by atoms with Gasteiger partial charge in [0.15, 0.2) is 5.82 Å². The molecule has 0 saturated heterocycles. The molecule has 0 bridgehead atoms. The normalized spacial score (nSPS) is 11.8. The van der Waals surface area contributed by atoms with Crippen LogP contribution in [-0.4, -0.2) is 19.1 Å². The lowest BCUT2D eigenvalue weighted by Gasteiger charge is -2.17. The van der Waals surface area contributed by atoms with Crippen LogP contribution in [0.15, 0.2) is 206 Å². The number of hydrogen-bond acceptors (Lipinski definition) is 2. The van der Waals surface area contributed by atoms with Crippen LogP contribution in [0.4, 0.5) is 0 Å². The van der Waals surface area contributed by atoms with Gasteiger partial charge in [-0.25, -0.2) is 9.97 Å². The molecule has 0 atom stereocenters. The maximum absolute atomic E-state index is 5.49. The Kier molecular flexibility index (Phi) is 7.20. The average molecular weight is 739 g/mol. The zero-order valence-electron chi connectivity index (χ0n) is 31.4. The van der Waals surface area contributed by atoms with E-state index in [-0.39, 0.29) is 0 Å². The molecule has 4 heteroatoms. The van der Waals surface area contributed by atoms with Crippen LogP contribution in [0.25, 0.3) is 110 Å². The van der Waals surface area contributed by atoms with E-state index in [1.807, 2.05) is 0 Å². The van der Waals surface area contributed by atoms with Crippen LogP contribution < -0.4 is 0 Å². The van der Waals surface area contributed by atoms with E-state index < -0.39 is 0 Å². The number of benzene rings is 9. The molecule has 270 valence electrons. The van der Waals surface area contributed by atoms with Crippen LogP contribution in [0.2, 0.25) is 0 Å². The fraction of sp³-hybridized carbons (Fsp3) is 0. The van der Waals surface area contributed by atoms with Gasteiger partial charge in [-0.2, -0.15) is 0 Å². The van der Waals surface area contributed by atoms with Gasteiger partial charge >= 0.3 is 0 Å². The fourth-order valence-corrected chi connectivity index (χ4v) is 9.13. The molecule has 0 N–H and O–H groups in total. The maximum atomic E-state index is 5.49. The highest BCUT2D eigenvalue weighted by atomic mass is 15.0. The van der Waals surface area contributed by atoms with Crippen LogP contribution in [0, 0.1) is 0 Å². The van der Waals surface area contributed by atoms with Gasteiger partial charge in [-0.3, -0.25) is 0 Å². The zero-order valence-corrected chi connectivity index (χ0v) is 31.4. The molecule has 3 heterocycles. The molecule has 0 aliphatic heterocycles. The van der Waals surface area contributed by atoms with E-state index in [0.29, 0.717) is 5.82 Å². The van der Waals surface area contributed by atoms with Crippen molar-refractivity contribution in [1.82, 2.24) is 19.1 Å². The van der Waals surface area contributed by atoms with Crippen LogP contribution in [0.5, 0.6) is 0 Å². The predicted octanol–water partition coefficient (Wildman–Crippen LogP) is 14.0. The summed E-state index contributed by atoms with van der Waals surface area (Å²) in [6, 6.07) is 73.8. The number of rotatable bonds is 5. The molecule has 9 aromatic carbocycles. The van der Waals surface area contributed by atoms with E-state index in [0.717, 1.165) is 72.3 Å². The highest BCUT2D eigenvalue weighted by Crippen LogP contribution is 2.39. The van der Waals surface area contributed by atoms with Gasteiger partial charge < -0.3 is 9.13 Å². The lowest BCUT2D eigenvalue weighted by Crippen LogP contribution is -2.02. The molecule has 0 radical (unpaired) electrons. The van der Waals surface area contributed by atoms with Crippen molar-refractivity contribution in [3.05, 3.63) is 206 Å². The van der Waals surface area contributed by atoms with E-state index in [1.165, 1.54) is 32.3 Å². The molecule has 3 aromatic heterocycles. The van der Waals surface area contributed by atoms with Gasteiger partial charge in [0.1, 0.15) is 0 Å². The van der Waals surface area contributed by atoms with Crippen molar-refractivity contribution in [3.63, 3.8) is 0 Å². The highest BCUT2D eigenvalue weighted by molar-refractivity contribution is 6.11. The number of hydrogen-bond donors (Lipinski definition) is 0. The summed E-state index contributed by atoms with van der Waals surface area (Å²) in [7, 11) is 0. The maximum Gasteiger partial charge on any atom is 0.160 e. The monoisotopic (exact) mass is 738 g/mol. The van der Waals surface area contributed by atoms with Gasteiger partial charge in [0.05, 0.1) is 33.5 Å². The largest absolute Gasteiger partial charge is 0.309 e. The van der Waals surface area contributed by atoms with Gasteiger partial charge in [-0.1, -0.05) is 158 Å². The average Bonchev–Trinajstić information content (AvgIpc) is 3.81. The summed E-state index contributed by atoms with van der Waals surface area (Å²) in [6.07, 6.45) is 0. The molecule has 0 saturated carbocycles. The Morgan fingerprint density at radius 2 is 0.638 bits per heavy atom. The Balaban J connectivity index is 1.20. The summed E-state index contributed by atoms with van der Waals surface area (Å²) in [5.41, 5.74) is 11.5. The summed E-state index contributed by atoms with van der Waals surface area (Å²) >= 11 is 0. The van der Waals surface area contributed by atoms with Crippen molar-refractivity contribution in [2.75, 3.05) is 0 Å². The molecule has 0 aliphatic carbocycles. The molecule has 12 aromatic rings. The van der Waals surface area contributed by atoms with Crippen LogP contribution >= 0.6 is 0 Å². The highest BCUT2D eigenvalue weighted by Gasteiger charge is 2.20. The lowest BCUT2D eigenvalue weighted by atomic mass is 9.98. The number of aromatic nitrogens is 4. The standard InChI is InChI=1S/C54H34N4/c1-3-19-40-35(15-1)17-13-25-42(40)48-34-49(43-26-14-18-36-16-2-4-20-41(36)43)56-54(55-48)37-31-38(57-50-27-9-5-21-44(50)45-22-6-10-28-51(45)57)33-39(32-37)58-52-29-11-7-23-46(52)47-24-8-12-30-53(47)58/h1-34H. The first-order chi connectivity index (χ1) is 28.8. The third-order valence-corrected chi connectivity index (χ3v) is 11.7. The molecule has 0 unspecified atom stereocenters. The molecule has 0 aliphatic rings. The molecular weight excluding hydrogens is 705 g/mol. The molecule has 0 amide bonds. The van der Waals surface area contributed by atoms with E-state index in [2.05, 4.69) is 215 Å². The molecule has 4 nitrogen and oxygen atoms in total. The van der Waals surface area contributed by atoms with Crippen LogP contribution in [0.3, 0.4) is 0 Å². The summed E-state index contributed by atoms with van der Waals surface area (Å²) in [5, 5.41) is 9.53. The van der Waals surface area contributed by atoms with Crippen molar-refractivity contribution in [2.45, 2.75) is 0 Å². The van der Waals surface area contributed by atoms with Gasteiger partial charge in [-0.15, -0.1) is 0 Å². The second-order valence-electron chi connectivity index (χ2n) is 15.0. The van der Waals surface area contributed by atoms with Crippen molar-refractivity contribution in [3.8, 4) is 45.3 Å². The Morgan fingerprint density at radius 3 is 1.05 bits per heavy atom. The molecule has 12 rings (SSSR count). The van der Waals surface area contributed by atoms with E-state index in [1.54, 1.807) is 0 Å². The van der Waals surface area contributed by atoms with Crippen LogP contribution in [0.1, 0.15) is 0 Å². The fourth-order valence-electron chi connectivity index (χ4n) is 9.13. The first-order valence-corrected chi connectivity index (χ1v) is 19.7. The number of fused-ring (bicyclic) bond motifs is 8. The third-order valence-electron chi connectivity index (χ3n) is 11.7. The third kappa shape index (κ3) is 5.02. The minimum atomic E-state index is 0.665. The van der Waals surface area contributed by atoms with Gasteiger partial charge in [0, 0.05) is 49.6 Å². The van der Waals surface area contributed by atoms with Gasteiger partial charge in [0.25, 0.3) is 0 Å². The first kappa shape index (κ1) is 32.4. The minimum absolute atomic E-state index is 0.665. The van der Waals surface area contributed by atoms with Gasteiger partial charge in [0.2, 0.25) is 0 Å². The van der Waals surface area contributed by atoms with Gasteiger partial charge in [-0.05, 0) is 70.1 Å². The Bertz CT molecular complexity index is 3240. The quantitative estimate of drug-likeness (QED) is 0.176. The summed E-state index contributed by atoms with van der Waals surface area (Å²) < 4.78 is 4.79. The summed E-state index contributed by atoms with van der Waals surface area (Å²) in [5.74, 6) is 0.665. The van der Waals surface area contributed by atoms with E-state index in [9.17, 15) is 0 Å². The lowest BCUT2D eigenvalue weighted by molar-refractivity contribution is 1.12. The minimum Gasteiger partial charge on any atom is -0.309 e. The number of para-hydroxylation sites is 4. The SMILES string of the molecule is c1ccc2c(-c3cc(-c4cccc5ccccc45)nc(-c4cc(-n5c6ccccc6c6ccccc65)cc(-n5c6ccccc6c6ccccc65)c4)n3)cccc2c1. The summed E-state index contributed by atoms with van der Waals surface area (Å²) in [4.78, 5) is 11.0. The van der Waals surface area contributed by atoms with Crippen LogP contribution in [-0.2, 0) is 0 Å². The second kappa shape index (κ2) is 12.9. The van der Waals surface area contributed by atoms with E-state index >= 15 is 0 Å². The Morgan fingerprint density at radius 1 is 0.293 bits per heavy atom. The van der Waals surface area contributed by atoms with E-state index in [4.69, 9.17) is 9.97 Å². The topological polar surface area (TPSA) is 35.6 Å². The van der Waals surface area contributed by atoms with Crippen molar-refractivity contribution in [2.24, 2.45) is 0 Å². The summed E-state index contributed by atoms with van der Waals surface area (Å²) in [6.45, 7) is 0. The number of nitrogens with zero attached hydrogens (tertiary/aromatic N) is 4. The Hall–Kier alpha value is -7.82. The van der Waals surface area contributed by atoms with Crippen molar-refractivity contribution >= 4 is 65.2 Å². The molecule has 58 heavy (non-hydrogen) atoms. The van der Waals surface area contributed by atoms with Crippen molar-refractivity contribution < 1.29 is 0 Å². The van der Waals surface area contributed by atoms with Crippen molar-refractivity contribution in [1.29, 1.82) is 0 Å².